The minimum atomic E-state index is -0.763. The predicted octanol–water partition coefficient (Wildman–Crippen LogP) is 2.11. The van der Waals surface area contributed by atoms with Gasteiger partial charge in [-0.25, -0.2) is 4.79 Å². The molecule has 0 bridgehead atoms. The maximum atomic E-state index is 10.9. The topological polar surface area (TPSA) is 49.3 Å². The van der Waals surface area contributed by atoms with Crippen molar-refractivity contribution in [2.75, 3.05) is 5.32 Å². The fraction of sp³-hybridized carbons (Fsp3) is 0.417. The van der Waals surface area contributed by atoms with Crippen molar-refractivity contribution >= 4 is 11.7 Å². The van der Waals surface area contributed by atoms with E-state index in [4.69, 9.17) is 5.11 Å². The Balaban J connectivity index is 2.37. The van der Waals surface area contributed by atoms with Gasteiger partial charge in [-0.3, -0.25) is 0 Å². The Morgan fingerprint density at radius 3 is 2.87 bits per heavy atom. The summed E-state index contributed by atoms with van der Waals surface area (Å²) in [7, 11) is 0. The lowest BCUT2D eigenvalue weighted by molar-refractivity contribution is -0.138. The van der Waals surface area contributed by atoms with Crippen molar-refractivity contribution in [1.82, 2.24) is 0 Å². The molecule has 3 heteroatoms. The van der Waals surface area contributed by atoms with Gasteiger partial charge in [0.1, 0.15) is 6.04 Å². The molecular formula is C12H15NO2. The Morgan fingerprint density at radius 1 is 1.47 bits per heavy atom. The molecule has 3 nitrogen and oxygen atoms in total. The second-order valence-corrected chi connectivity index (χ2v) is 4.19. The molecule has 1 aromatic carbocycles. The number of nitrogens with one attached hydrogen (secondary N) is 1. The van der Waals surface area contributed by atoms with E-state index in [-0.39, 0.29) is 0 Å². The summed E-state index contributed by atoms with van der Waals surface area (Å²) in [5.41, 5.74) is 4.63. The third-order valence-corrected chi connectivity index (χ3v) is 2.88. The zero-order chi connectivity index (χ0) is 11.0. The van der Waals surface area contributed by atoms with E-state index < -0.39 is 12.0 Å². The SMILES string of the molecule is Cc1cc(C)c2c(c1)CCC(C(=O)O)N2. The highest BCUT2D eigenvalue weighted by molar-refractivity contribution is 5.79. The lowest BCUT2D eigenvalue weighted by Gasteiger charge is -2.26. The molecule has 80 valence electrons. The molecule has 1 heterocycles. The van der Waals surface area contributed by atoms with Crippen LogP contribution in [-0.4, -0.2) is 17.1 Å². The van der Waals surface area contributed by atoms with Crippen molar-refractivity contribution in [2.24, 2.45) is 0 Å². The van der Waals surface area contributed by atoms with E-state index in [0.29, 0.717) is 6.42 Å². The molecule has 0 fully saturated rings. The largest absolute Gasteiger partial charge is 0.480 e. The van der Waals surface area contributed by atoms with Crippen LogP contribution in [0.2, 0.25) is 0 Å². The average molecular weight is 205 g/mol. The van der Waals surface area contributed by atoms with E-state index in [1.807, 2.05) is 6.92 Å². The molecule has 0 amide bonds. The quantitative estimate of drug-likeness (QED) is 0.738. The van der Waals surface area contributed by atoms with E-state index in [1.54, 1.807) is 0 Å². The zero-order valence-electron chi connectivity index (χ0n) is 9.00. The molecule has 0 saturated carbocycles. The summed E-state index contributed by atoms with van der Waals surface area (Å²) in [5.74, 6) is -0.763. The van der Waals surface area contributed by atoms with Crippen LogP contribution in [0.15, 0.2) is 12.1 Å². The van der Waals surface area contributed by atoms with Gasteiger partial charge in [-0.15, -0.1) is 0 Å². The molecule has 0 saturated heterocycles. The predicted molar refractivity (Wildman–Crippen MR) is 59.3 cm³/mol. The number of carbonyl (C=O) groups is 1. The van der Waals surface area contributed by atoms with Crippen molar-refractivity contribution in [1.29, 1.82) is 0 Å². The van der Waals surface area contributed by atoms with E-state index in [1.165, 1.54) is 11.1 Å². The van der Waals surface area contributed by atoms with Crippen LogP contribution in [0.3, 0.4) is 0 Å². The summed E-state index contributed by atoms with van der Waals surface area (Å²) >= 11 is 0. The number of anilines is 1. The van der Waals surface area contributed by atoms with Gasteiger partial charge >= 0.3 is 5.97 Å². The van der Waals surface area contributed by atoms with Gasteiger partial charge in [0.25, 0.3) is 0 Å². The number of benzene rings is 1. The van der Waals surface area contributed by atoms with Gasteiger partial charge in [0.2, 0.25) is 0 Å². The Labute approximate surface area is 89.1 Å². The van der Waals surface area contributed by atoms with Crippen LogP contribution in [0.1, 0.15) is 23.1 Å². The zero-order valence-corrected chi connectivity index (χ0v) is 9.00. The Morgan fingerprint density at radius 2 is 2.20 bits per heavy atom. The number of carboxylic acid groups (broad SMARTS) is 1. The standard InChI is InChI=1S/C12H15NO2/c1-7-5-8(2)11-9(6-7)3-4-10(13-11)12(14)15/h5-6,10,13H,3-4H2,1-2H3,(H,14,15). The van der Waals surface area contributed by atoms with Gasteiger partial charge in [0.15, 0.2) is 0 Å². The highest BCUT2D eigenvalue weighted by atomic mass is 16.4. The number of fused-ring (bicyclic) bond motifs is 1. The molecule has 15 heavy (non-hydrogen) atoms. The van der Waals surface area contributed by atoms with Crippen molar-refractivity contribution in [3.63, 3.8) is 0 Å². The molecule has 1 atom stereocenters. The molecule has 0 aromatic heterocycles. The summed E-state index contributed by atoms with van der Waals surface area (Å²) in [6.07, 6.45) is 1.52. The maximum absolute atomic E-state index is 10.9. The second kappa shape index (κ2) is 3.57. The minimum Gasteiger partial charge on any atom is -0.480 e. The molecule has 1 aliphatic heterocycles. The van der Waals surface area contributed by atoms with E-state index in [0.717, 1.165) is 17.7 Å². The lowest BCUT2D eigenvalue weighted by atomic mass is 9.94. The van der Waals surface area contributed by atoms with Gasteiger partial charge in [-0.1, -0.05) is 17.7 Å². The van der Waals surface area contributed by atoms with Crippen molar-refractivity contribution < 1.29 is 9.90 Å². The van der Waals surface area contributed by atoms with Gasteiger partial charge in [0.05, 0.1) is 0 Å². The van der Waals surface area contributed by atoms with E-state index >= 15 is 0 Å². The first-order chi connectivity index (χ1) is 7.08. The smallest absolute Gasteiger partial charge is 0.326 e. The van der Waals surface area contributed by atoms with Gasteiger partial charge in [-0.05, 0) is 37.8 Å². The van der Waals surface area contributed by atoms with E-state index in [9.17, 15) is 4.79 Å². The first-order valence-electron chi connectivity index (χ1n) is 5.17. The molecule has 2 N–H and O–H groups in total. The molecule has 1 aliphatic rings. The number of rotatable bonds is 1. The molecule has 0 aliphatic carbocycles. The minimum absolute atomic E-state index is 0.432. The highest BCUT2D eigenvalue weighted by Crippen LogP contribution is 2.29. The first kappa shape index (κ1) is 10.0. The van der Waals surface area contributed by atoms with Crippen LogP contribution >= 0.6 is 0 Å². The Hall–Kier alpha value is -1.51. The molecule has 1 aromatic rings. The fourth-order valence-corrected chi connectivity index (χ4v) is 2.19. The summed E-state index contributed by atoms with van der Waals surface area (Å²) < 4.78 is 0. The van der Waals surface area contributed by atoms with Gasteiger partial charge in [0, 0.05) is 5.69 Å². The average Bonchev–Trinajstić information content (AvgIpc) is 2.16. The summed E-state index contributed by atoms with van der Waals surface area (Å²) in [4.78, 5) is 10.9. The van der Waals surface area contributed by atoms with E-state index in [2.05, 4.69) is 24.4 Å². The monoisotopic (exact) mass is 205 g/mol. The Bertz CT molecular complexity index is 412. The molecule has 2 rings (SSSR count). The second-order valence-electron chi connectivity index (χ2n) is 4.19. The van der Waals surface area contributed by atoms with Crippen molar-refractivity contribution in [3.8, 4) is 0 Å². The number of aryl methyl sites for hydroxylation is 3. The fourth-order valence-electron chi connectivity index (χ4n) is 2.19. The van der Waals surface area contributed by atoms with Crippen LogP contribution in [-0.2, 0) is 11.2 Å². The molecular weight excluding hydrogens is 190 g/mol. The van der Waals surface area contributed by atoms with Crippen LogP contribution in [0.5, 0.6) is 0 Å². The summed E-state index contributed by atoms with van der Waals surface area (Å²) in [5, 5.41) is 12.0. The van der Waals surface area contributed by atoms with Crippen molar-refractivity contribution in [3.05, 3.63) is 28.8 Å². The van der Waals surface area contributed by atoms with Gasteiger partial charge < -0.3 is 10.4 Å². The molecule has 0 spiro atoms. The van der Waals surface area contributed by atoms with Gasteiger partial charge in [-0.2, -0.15) is 0 Å². The lowest BCUT2D eigenvalue weighted by Crippen LogP contribution is -2.33. The number of aliphatic carboxylic acids is 1. The van der Waals surface area contributed by atoms with Crippen LogP contribution in [0, 0.1) is 13.8 Å². The third kappa shape index (κ3) is 1.82. The first-order valence-corrected chi connectivity index (χ1v) is 5.17. The molecule has 1 unspecified atom stereocenters. The van der Waals surface area contributed by atoms with Crippen LogP contribution in [0.25, 0.3) is 0 Å². The number of carboxylic acids is 1. The third-order valence-electron chi connectivity index (χ3n) is 2.88. The number of hydrogen-bond acceptors (Lipinski definition) is 2. The van der Waals surface area contributed by atoms with Crippen LogP contribution < -0.4 is 5.32 Å². The number of hydrogen-bond donors (Lipinski definition) is 2. The molecule has 0 radical (unpaired) electrons. The van der Waals surface area contributed by atoms with Crippen LogP contribution in [0.4, 0.5) is 5.69 Å². The maximum Gasteiger partial charge on any atom is 0.326 e. The summed E-state index contributed by atoms with van der Waals surface area (Å²) in [6, 6.07) is 3.78. The normalized spacial score (nSPS) is 19.2. The summed E-state index contributed by atoms with van der Waals surface area (Å²) in [6.45, 7) is 4.08. The highest BCUT2D eigenvalue weighted by Gasteiger charge is 2.24. The Kier molecular flexibility index (Phi) is 2.39. The van der Waals surface area contributed by atoms with Crippen molar-refractivity contribution in [2.45, 2.75) is 32.7 Å².